The minimum absolute atomic E-state index is 0.164. The quantitative estimate of drug-likeness (QED) is 0.722. The molecule has 0 saturated carbocycles. The molecule has 1 atom stereocenters. The Morgan fingerprint density at radius 3 is 2.64 bits per heavy atom. The second kappa shape index (κ2) is 7.52. The lowest BCUT2D eigenvalue weighted by molar-refractivity contribution is -0.113. The number of benzene rings is 2. The molecule has 28 heavy (non-hydrogen) atoms. The predicted octanol–water partition coefficient (Wildman–Crippen LogP) is 4.18. The van der Waals surface area contributed by atoms with Gasteiger partial charge in [0.15, 0.2) is 0 Å². The SMILES string of the molecule is CC1=C(C(=O)Nc2ccccc2C)C(C=Cc2ccccc2)n2ncnc2N1. The standard InChI is InChI=1S/C22H21N5O/c1-15-8-6-7-11-18(15)26-21(28)20-16(2)25-22-23-14-24-27(22)19(20)13-12-17-9-4-3-5-10-17/h3-14,19H,1-2H3,(H,26,28)(H,23,24,25). The summed E-state index contributed by atoms with van der Waals surface area (Å²) < 4.78 is 1.72. The number of hydrogen-bond donors (Lipinski definition) is 2. The van der Waals surface area contributed by atoms with E-state index in [1.54, 1.807) is 4.68 Å². The van der Waals surface area contributed by atoms with Gasteiger partial charge in [-0.15, -0.1) is 0 Å². The van der Waals surface area contributed by atoms with Gasteiger partial charge >= 0.3 is 0 Å². The van der Waals surface area contributed by atoms with Crippen LogP contribution in [0.15, 0.2) is 78.3 Å². The molecule has 0 bridgehead atoms. The number of anilines is 2. The third-order valence-corrected chi connectivity index (χ3v) is 4.74. The summed E-state index contributed by atoms with van der Waals surface area (Å²) in [5, 5.41) is 10.5. The molecule has 1 amide bonds. The number of aryl methyl sites for hydroxylation is 1. The summed E-state index contributed by atoms with van der Waals surface area (Å²) in [6, 6.07) is 17.3. The van der Waals surface area contributed by atoms with Crippen LogP contribution in [0.3, 0.4) is 0 Å². The predicted molar refractivity (Wildman–Crippen MR) is 111 cm³/mol. The molecule has 3 aromatic rings. The largest absolute Gasteiger partial charge is 0.328 e. The molecule has 2 aromatic carbocycles. The fraction of sp³-hybridized carbons (Fsp3) is 0.136. The van der Waals surface area contributed by atoms with E-state index >= 15 is 0 Å². The maximum atomic E-state index is 13.2. The number of fused-ring (bicyclic) bond motifs is 1. The first-order valence-electron chi connectivity index (χ1n) is 9.11. The molecular weight excluding hydrogens is 350 g/mol. The number of para-hydroxylation sites is 1. The van der Waals surface area contributed by atoms with Crippen LogP contribution in [-0.2, 0) is 4.79 Å². The maximum absolute atomic E-state index is 13.2. The summed E-state index contributed by atoms with van der Waals surface area (Å²) >= 11 is 0. The molecule has 6 heteroatoms. The summed E-state index contributed by atoms with van der Waals surface area (Å²) in [7, 11) is 0. The van der Waals surface area contributed by atoms with Crippen LogP contribution in [0.1, 0.15) is 24.1 Å². The lowest BCUT2D eigenvalue weighted by atomic mass is 10.0. The van der Waals surface area contributed by atoms with Gasteiger partial charge in [-0.25, -0.2) is 4.68 Å². The molecule has 2 heterocycles. The Labute approximate surface area is 163 Å². The third kappa shape index (κ3) is 3.44. The van der Waals surface area contributed by atoms with Crippen LogP contribution in [0.5, 0.6) is 0 Å². The average Bonchev–Trinajstić information content (AvgIpc) is 3.16. The fourth-order valence-corrected chi connectivity index (χ4v) is 3.27. The first kappa shape index (κ1) is 17.7. The van der Waals surface area contributed by atoms with Crippen LogP contribution in [0.4, 0.5) is 11.6 Å². The highest BCUT2D eigenvalue weighted by atomic mass is 16.1. The van der Waals surface area contributed by atoms with Gasteiger partial charge in [0.2, 0.25) is 5.95 Å². The van der Waals surface area contributed by atoms with Crippen molar-refractivity contribution < 1.29 is 4.79 Å². The van der Waals surface area contributed by atoms with Crippen molar-refractivity contribution in [3.63, 3.8) is 0 Å². The molecule has 1 aliphatic rings. The highest BCUT2D eigenvalue weighted by molar-refractivity contribution is 6.06. The van der Waals surface area contributed by atoms with Gasteiger partial charge in [-0.3, -0.25) is 4.79 Å². The normalized spacial score (nSPS) is 16.0. The highest BCUT2D eigenvalue weighted by Crippen LogP contribution is 2.31. The van der Waals surface area contributed by atoms with Crippen molar-refractivity contribution in [3.05, 3.63) is 89.4 Å². The Morgan fingerprint density at radius 1 is 1.11 bits per heavy atom. The summed E-state index contributed by atoms with van der Waals surface area (Å²) in [4.78, 5) is 17.4. The molecule has 2 N–H and O–H groups in total. The number of carbonyl (C=O) groups is 1. The molecule has 140 valence electrons. The van der Waals surface area contributed by atoms with E-state index < -0.39 is 0 Å². The van der Waals surface area contributed by atoms with Crippen LogP contribution < -0.4 is 10.6 Å². The van der Waals surface area contributed by atoms with Gasteiger partial charge in [-0.2, -0.15) is 10.1 Å². The van der Waals surface area contributed by atoms with E-state index in [2.05, 4.69) is 20.7 Å². The molecule has 1 aliphatic heterocycles. The highest BCUT2D eigenvalue weighted by Gasteiger charge is 2.30. The van der Waals surface area contributed by atoms with E-state index in [0.29, 0.717) is 11.5 Å². The third-order valence-electron chi connectivity index (χ3n) is 4.74. The van der Waals surface area contributed by atoms with Crippen molar-refractivity contribution in [2.45, 2.75) is 19.9 Å². The van der Waals surface area contributed by atoms with Crippen LogP contribution in [0, 0.1) is 6.92 Å². The number of nitrogens with zero attached hydrogens (tertiary/aromatic N) is 3. The monoisotopic (exact) mass is 371 g/mol. The van der Waals surface area contributed by atoms with E-state index in [0.717, 1.165) is 22.5 Å². The van der Waals surface area contributed by atoms with Gasteiger partial charge in [0.1, 0.15) is 12.4 Å². The molecule has 0 fully saturated rings. The number of allylic oxidation sites excluding steroid dienone is 2. The van der Waals surface area contributed by atoms with E-state index in [1.807, 2.05) is 80.6 Å². The molecule has 1 aromatic heterocycles. The lowest BCUT2D eigenvalue weighted by Crippen LogP contribution is -2.30. The Balaban J connectivity index is 1.69. The van der Waals surface area contributed by atoms with Gasteiger partial charge in [-0.05, 0) is 31.0 Å². The van der Waals surface area contributed by atoms with Crippen LogP contribution >= 0.6 is 0 Å². The molecule has 0 spiro atoms. The van der Waals surface area contributed by atoms with Crippen LogP contribution in [0.2, 0.25) is 0 Å². The van der Waals surface area contributed by atoms with Crippen molar-refractivity contribution >= 4 is 23.6 Å². The van der Waals surface area contributed by atoms with E-state index in [9.17, 15) is 4.79 Å². The van der Waals surface area contributed by atoms with E-state index in [1.165, 1.54) is 6.33 Å². The summed E-state index contributed by atoms with van der Waals surface area (Å²) in [6.07, 6.45) is 5.46. The van der Waals surface area contributed by atoms with Gasteiger partial charge in [-0.1, -0.05) is 60.7 Å². The van der Waals surface area contributed by atoms with Gasteiger partial charge in [0.25, 0.3) is 5.91 Å². The number of carbonyl (C=O) groups excluding carboxylic acids is 1. The second-order valence-corrected chi connectivity index (χ2v) is 6.68. The summed E-state index contributed by atoms with van der Waals surface area (Å²) in [5.74, 6) is 0.454. The molecule has 1 unspecified atom stereocenters. The summed E-state index contributed by atoms with van der Waals surface area (Å²) in [6.45, 7) is 3.85. The number of rotatable bonds is 4. The Kier molecular flexibility index (Phi) is 4.76. The Bertz CT molecular complexity index is 1070. The Morgan fingerprint density at radius 2 is 1.86 bits per heavy atom. The van der Waals surface area contributed by atoms with Gasteiger partial charge < -0.3 is 10.6 Å². The summed E-state index contributed by atoms with van der Waals surface area (Å²) in [5.41, 5.74) is 4.22. The number of hydrogen-bond acceptors (Lipinski definition) is 4. The van der Waals surface area contributed by atoms with Crippen molar-refractivity contribution in [2.24, 2.45) is 0 Å². The molecule has 0 radical (unpaired) electrons. The van der Waals surface area contributed by atoms with Crippen molar-refractivity contribution in [3.8, 4) is 0 Å². The maximum Gasteiger partial charge on any atom is 0.255 e. The molecule has 0 aliphatic carbocycles. The first-order valence-corrected chi connectivity index (χ1v) is 9.11. The Hall–Kier alpha value is -3.67. The first-order chi connectivity index (χ1) is 13.6. The molecule has 0 saturated heterocycles. The topological polar surface area (TPSA) is 71.8 Å². The number of amides is 1. The smallest absolute Gasteiger partial charge is 0.255 e. The zero-order chi connectivity index (χ0) is 19.5. The zero-order valence-electron chi connectivity index (χ0n) is 15.8. The van der Waals surface area contributed by atoms with Gasteiger partial charge in [0.05, 0.1) is 5.57 Å². The lowest BCUT2D eigenvalue weighted by Gasteiger charge is -2.26. The van der Waals surface area contributed by atoms with Crippen LogP contribution in [0.25, 0.3) is 6.08 Å². The zero-order valence-corrected chi connectivity index (χ0v) is 15.8. The minimum Gasteiger partial charge on any atom is -0.328 e. The molecule has 4 rings (SSSR count). The number of nitrogens with one attached hydrogen (secondary N) is 2. The van der Waals surface area contributed by atoms with Gasteiger partial charge in [0, 0.05) is 11.4 Å². The van der Waals surface area contributed by atoms with Crippen LogP contribution in [-0.4, -0.2) is 20.7 Å². The second-order valence-electron chi connectivity index (χ2n) is 6.68. The van der Waals surface area contributed by atoms with E-state index in [-0.39, 0.29) is 11.9 Å². The van der Waals surface area contributed by atoms with Crippen molar-refractivity contribution in [1.82, 2.24) is 14.8 Å². The fourth-order valence-electron chi connectivity index (χ4n) is 3.27. The molecular formula is C22H21N5O. The molecule has 6 nitrogen and oxygen atoms in total. The minimum atomic E-state index is -0.358. The number of aromatic nitrogens is 3. The van der Waals surface area contributed by atoms with E-state index in [4.69, 9.17) is 0 Å². The van der Waals surface area contributed by atoms with Crippen molar-refractivity contribution in [2.75, 3.05) is 10.6 Å². The average molecular weight is 371 g/mol. The van der Waals surface area contributed by atoms with Crippen molar-refractivity contribution in [1.29, 1.82) is 0 Å².